The summed E-state index contributed by atoms with van der Waals surface area (Å²) >= 11 is 0. The van der Waals surface area contributed by atoms with Crippen LogP contribution in [0.3, 0.4) is 0 Å². The Morgan fingerprint density at radius 3 is 0.804 bits per heavy atom. The SMILES string of the molecule is CCCCCOc1c2cc(C(C)(C)C)cc1Cc1cc(C(C)(C)C)cc(c1OC)Cc1cc(C(C)(C)C)cc(c1OC)Cc1cc(C(C)(C)C)cc(c1OC)C2. The standard InChI is InChI=1S/C52H72O4/c1-17-18-19-20-56-48-39-23-37-29-42(50(5,6)7)27-35(46(37)54-15)21-33-25-41(49(2,3)4)26-34(45(33)53-14)22-36-28-43(51(8,9)10)30-38(47(36)55-16)24-40(48)32-44(31-39)52(11,12)13/h25-32H,17-24H2,1-16H3. The Morgan fingerprint density at radius 1 is 0.375 bits per heavy atom. The van der Waals surface area contributed by atoms with Crippen LogP contribution in [-0.4, -0.2) is 27.9 Å². The van der Waals surface area contributed by atoms with Crippen molar-refractivity contribution in [2.24, 2.45) is 0 Å². The third kappa shape index (κ3) is 9.60. The van der Waals surface area contributed by atoms with Gasteiger partial charge in [0, 0.05) is 25.7 Å². The maximum absolute atomic E-state index is 6.98. The van der Waals surface area contributed by atoms with Crippen molar-refractivity contribution in [3.8, 4) is 23.0 Å². The van der Waals surface area contributed by atoms with E-state index in [0.29, 0.717) is 32.3 Å². The highest BCUT2D eigenvalue weighted by Gasteiger charge is 2.29. The van der Waals surface area contributed by atoms with Gasteiger partial charge in [0.1, 0.15) is 23.0 Å². The maximum atomic E-state index is 6.98. The van der Waals surface area contributed by atoms with Gasteiger partial charge in [-0.25, -0.2) is 0 Å². The molecule has 4 heteroatoms. The smallest absolute Gasteiger partial charge is 0.126 e. The number of methoxy groups -OCH3 is 3. The summed E-state index contributed by atoms with van der Waals surface area (Å²) in [6.45, 7) is 30.6. The lowest BCUT2D eigenvalue weighted by Crippen LogP contribution is -2.17. The first-order chi connectivity index (χ1) is 26.1. The Hall–Kier alpha value is -3.92. The zero-order valence-electron chi connectivity index (χ0n) is 37.9. The summed E-state index contributed by atoms with van der Waals surface area (Å²) in [5.74, 6) is 3.81. The van der Waals surface area contributed by atoms with Crippen molar-refractivity contribution >= 4 is 0 Å². The Labute approximate surface area is 340 Å². The monoisotopic (exact) mass is 761 g/mol. The fourth-order valence-electron chi connectivity index (χ4n) is 8.12. The fraction of sp³-hybridized carbons (Fsp3) is 0.538. The van der Waals surface area contributed by atoms with Gasteiger partial charge in [0.25, 0.3) is 0 Å². The summed E-state index contributed by atoms with van der Waals surface area (Å²) in [4.78, 5) is 0. The first-order valence-corrected chi connectivity index (χ1v) is 21.0. The maximum Gasteiger partial charge on any atom is 0.126 e. The lowest BCUT2D eigenvalue weighted by Gasteiger charge is -2.29. The van der Waals surface area contributed by atoms with Crippen LogP contribution in [0.15, 0.2) is 48.5 Å². The summed E-state index contributed by atoms with van der Waals surface area (Å²) in [5, 5.41) is 0. The molecule has 4 nitrogen and oxygen atoms in total. The van der Waals surface area contributed by atoms with Gasteiger partial charge in [-0.3, -0.25) is 0 Å². The van der Waals surface area contributed by atoms with E-state index in [2.05, 4.69) is 139 Å². The molecule has 5 rings (SSSR count). The molecule has 304 valence electrons. The normalized spacial score (nSPS) is 13.7. The van der Waals surface area contributed by atoms with Crippen molar-refractivity contribution in [2.45, 2.75) is 157 Å². The molecule has 0 N–H and O–H groups in total. The summed E-state index contributed by atoms with van der Waals surface area (Å²) in [6, 6.07) is 19.0. The molecule has 0 spiro atoms. The van der Waals surface area contributed by atoms with Crippen molar-refractivity contribution in [1.82, 2.24) is 0 Å². The van der Waals surface area contributed by atoms with E-state index in [-0.39, 0.29) is 21.7 Å². The van der Waals surface area contributed by atoms with E-state index in [4.69, 9.17) is 18.9 Å². The van der Waals surface area contributed by atoms with E-state index in [9.17, 15) is 0 Å². The van der Waals surface area contributed by atoms with Gasteiger partial charge in [0.2, 0.25) is 0 Å². The van der Waals surface area contributed by atoms with Crippen LogP contribution in [0.1, 0.15) is 176 Å². The van der Waals surface area contributed by atoms with Gasteiger partial charge in [-0.15, -0.1) is 0 Å². The van der Waals surface area contributed by atoms with E-state index in [1.807, 2.05) is 21.3 Å². The third-order valence-electron chi connectivity index (χ3n) is 11.6. The molecule has 0 fully saturated rings. The van der Waals surface area contributed by atoms with E-state index in [0.717, 1.165) is 42.3 Å². The van der Waals surface area contributed by atoms with E-state index >= 15 is 0 Å². The Morgan fingerprint density at radius 2 is 0.607 bits per heavy atom. The van der Waals surface area contributed by atoms with Crippen LogP contribution in [0.4, 0.5) is 0 Å². The summed E-state index contributed by atoms with van der Waals surface area (Å²) < 4.78 is 26.3. The lowest BCUT2D eigenvalue weighted by molar-refractivity contribution is 0.300. The number of fused-ring (bicyclic) bond motifs is 8. The molecule has 0 saturated carbocycles. The van der Waals surface area contributed by atoms with Crippen LogP contribution >= 0.6 is 0 Å². The van der Waals surface area contributed by atoms with E-state index < -0.39 is 0 Å². The van der Waals surface area contributed by atoms with Gasteiger partial charge in [-0.1, -0.05) is 151 Å². The largest absolute Gasteiger partial charge is 0.496 e. The molecule has 8 bridgehead atoms. The molecule has 56 heavy (non-hydrogen) atoms. The van der Waals surface area contributed by atoms with Crippen molar-refractivity contribution < 1.29 is 18.9 Å². The Bertz CT molecular complexity index is 1900. The molecule has 0 aromatic heterocycles. The molecule has 0 atom stereocenters. The highest BCUT2D eigenvalue weighted by molar-refractivity contribution is 5.60. The molecule has 0 unspecified atom stereocenters. The average molecular weight is 761 g/mol. The second-order valence-electron chi connectivity index (χ2n) is 20.4. The Balaban J connectivity index is 1.96. The summed E-state index contributed by atoms with van der Waals surface area (Å²) in [6.07, 6.45) is 6.04. The van der Waals surface area contributed by atoms with Gasteiger partial charge >= 0.3 is 0 Å². The number of rotatable bonds is 8. The molecule has 1 aliphatic rings. The molecule has 4 aromatic rings. The summed E-state index contributed by atoms with van der Waals surface area (Å²) in [5.41, 5.74) is 14.3. The second-order valence-corrected chi connectivity index (χ2v) is 20.4. The zero-order chi connectivity index (χ0) is 41.4. The minimum Gasteiger partial charge on any atom is -0.496 e. The van der Waals surface area contributed by atoms with Gasteiger partial charge in [-0.05, 0) is 94.8 Å². The molecule has 0 amide bonds. The van der Waals surface area contributed by atoms with Crippen molar-refractivity contribution in [1.29, 1.82) is 0 Å². The molecular weight excluding hydrogens is 689 g/mol. The summed E-state index contributed by atoms with van der Waals surface area (Å²) in [7, 11) is 5.48. The first-order valence-electron chi connectivity index (χ1n) is 21.0. The average Bonchev–Trinajstić information content (AvgIpc) is 3.08. The molecular formula is C52H72O4. The van der Waals surface area contributed by atoms with E-state index in [1.165, 1.54) is 66.8 Å². The Kier molecular flexibility index (Phi) is 12.7. The molecule has 1 aliphatic carbocycles. The predicted molar refractivity (Wildman–Crippen MR) is 236 cm³/mol. The highest BCUT2D eigenvalue weighted by Crippen LogP contribution is 2.44. The number of benzene rings is 4. The second kappa shape index (κ2) is 16.5. The van der Waals surface area contributed by atoms with Gasteiger partial charge in [-0.2, -0.15) is 0 Å². The van der Waals surface area contributed by atoms with Crippen molar-refractivity contribution in [3.05, 3.63) is 115 Å². The van der Waals surface area contributed by atoms with Crippen LogP contribution in [-0.2, 0) is 47.3 Å². The third-order valence-corrected chi connectivity index (χ3v) is 11.6. The van der Waals surface area contributed by atoms with Gasteiger partial charge in [0.05, 0.1) is 27.9 Å². The molecule has 0 aliphatic heterocycles. The van der Waals surface area contributed by atoms with Crippen LogP contribution in [0, 0.1) is 0 Å². The van der Waals surface area contributed by atoms with E-state index in [1.54, 1.807) is 0 Å². The molecule has 0 radical (unpaired) electrons. The zero-order valence-corrected chi connectivity index (χ0v) is 37.9. The first kappa shape index (κ1) is 43.2. The fourth-order valence-corrected chi connectivity index (χ4v) is 8.12. The quantitative estimate of drug-likeness (QED) is 0.148. The van der Waals surface area contributed by atoms with Crippen LogP contribution in [0.2, 0.25) is 0 Å². The number of hydrogen-bond donors (Lipinski definition) is 0. The number of hydrogen-bond acceptors (Lipinski definition) is 4. The molecule has 0 heterocycles. The number of ether oxygens (including phenoxy) is 4. The van der Waals surface area contributed by atoms with Crippen LogP contribution in [0.5, 0.6) is 23.0 Å². The molecule has 0 saturated heterocycles. The van der Waals surface area contributed by atoms with Gasteiger partial charge < -0.3 is 18.9 Å². The number of unbranched alkanes of at least 4 members (excludes halogenated alkanes) is 2. The lowest BCUT2D eigenvalue weighted by atomic mass is 9.79. The van der Waals surface area contributed by atoms with Crippen LogP contribution in [0.25, 0.3) is 0 Å². The minimum atomic E-state index is -0.0693. The van der Waals surface area contributed by atoms with Gasteiger partial charge in [0.15, 0.2) is 0 Å². The highest BCUT2D eigenvalue weighted by atomic mass is 16.5. The van der Waals surface area contributed by atoms with Crippen molar-refractivity contribution in [3.63, 3.8) is 0 Å². The van der Waals surface area contributed by atoms with Crippen molar-refractivity contribution in [2.75, 3.05) is 27.9 Å². The minimum absolute atomic E-state index is 0.0668. The predicted octanol–water partition coefficient (Wildman–Crippen LogP) is 13.1. The van der Waals surface area contributed by atoms with Crippen LogP contribution < -0.4 is 18.9 Å². The topological polar surface area (TPSA) is 36.9 Å². The molecule has 4 aromatic carbocycles.